The number of amides is 1. The van der Waals surface area contributed by atoms with Crippen LogP contribution in [0.2, 0.25) is 0 Å². The summed E-state index contributed by atoms with van der Waals surface area (Å²) in [5.74, 6) is -0.300. The number of rotatable bonds is 4. The Labute approximate surface area is 125 Å². The highest BCUT2D eigenvalue weighted by Gasteiger charge is 2.17. The monoisotopic (exact) mass is 287 g/mol. The van der Waals surface area contributed by atoms with Crippen LogP contribution in [0, 0.1) is 0 Å². The molecule has 1 aliphatic heterocycles. The second-order valence-electron chi connectivity index (χ2n) is 5.06. The fourth-order valence-corrected chi connectivity index (χ4v) is 2.41. The number of hydrogen-bond acceptors (Lipinski definition) is 3. The minimum Gasteiger partial charge on any atom is -0.463 e. The van der Waals surface area contributed by atoms with E-state index in [0.717, 1.165) is 31.5 Å². The van der Waals surface area contributed by atoms with Crippen molar-refractivity contribution >= 4 is 18.0 Å². The second kappa shape index (κ2) is 7.62. The zero-order valence-electron chi connectivity index (χ0n) is 12.4. The van der Waals surface area contributed by atoms with Gasteiger partial charge in [0.25, 0.3) is 5.91 Å². The lowest BCUT2D eigenvalue weighted by Crippen LogP contribution is -2.35. The first kappa shape index (κ1) is 15.3. The number of piperidine rings is 1. The maximum Gasteiger partial charge on any atom is 0.330 e. The Bertz CT molecular complexity index is 531. The molecular formula is C17H21NO3. The maximum absolute atomic E-state index is 12.4. The van der Waals surface area contributed by atoms with E-state index < -0.39 is 0 Å². The van der Waals surface area contributed by atoms with E-state index in [0.29, 0.717) is 12.2 Å². The largest absolute Gasteiger partial charge is 0.463 e. The van der Waals surface area contributed by atoms with Gasteiger partial charge < -0.3 is 9.64 Å². The molecule has 1 aromatic rings. The van der Waals surface area contributed by atoms with Crippen molar-refractivity contribution in [1.29, 1.82) is 0 Å². The van der Waals surface area contributed by atoms with Gasteiger partial charge in [-0.2, -0.15) is 0 Å². The number of likely N-dealkylation sites (tertiary alicyclic amines) is 1. The Morgan fingerprint density at radius 3 is 2.71 bits per heavy atom. The lowest BCUT2D eigenvalue weighted by Gasteiger charge is -2.26. The summed E-state index contributed by atoms with van der Waals surface area (Å²) >= 11 is 0. The molecule has 1 aromatic carbocycles. The number of nitrogens with zero attached hydrogens (tertiary/aromatic N) is 1. The van der Waals surface area contributed by atoms with Crippen LogP contribution in [-0.2, 0) is 9.53 Å². The van der Waals surface area contributed by atoms with Crippen LogP contribution in [0.15, 0.2) is 30.3 Å². The summed E-state index contributed by atoms with van der Waals surface area (Å²) in [6.07, 6.45) is 6.41. The van der Waals surface area contributed by atoms with Crippen LogP contribution in [0.4, 0.5) is 0 Å². The third-order valence-electron chi connectivity index (χ3n) is 3.48. The van der Waals surface area contributed by atoms with Crippen LogP contribution in [0.1, 0.15) is 42.1 Å². The summed E-state index contributed by atoms with van der Waals surface area (Å²) in [6, 6.07) is 7.33. The van der Waals surface area contributed by atoms with Gasteiger partial charge in [-0.15, -0.1) is 0 Å². The zero-order chi connectivity index (χ0) is 15.1. The Morgan fingerprint density at radius 1 is 1.24 bits per heavy atom. The van der Waals surface area contributed by atoms with Crippen molar-refractivity contribution in [2.24, 2.45) is 0 Å². The third-order valence-corrected chi connectivity index (χ3v) is 3.48. The Morgan fingerprint density at radius 2 is 2.00 bits per heavy atom. The lowest BCUT2D eigenvalue weighted by atomic mass is 10.1. The van der Waals surface area contributed by atoms with Crippen LogP contribution >= 0.6 is 0 Å². The molecule has 0 aromatic heterocycles. The molecule has 112 valence electrons. The van der Waals surface area contributed by atoms with Gasteiger partial charge in [-0.1, -0.05) is 12.1 Å². The number of benzene rings is 1. The topological polar surface area (TPSA) is 46.6 Å². The van der Waals surface area contributed by atoms with Crippen LogP contribution in [0.3, 0.4) is 0 Å². The molecule has 1 saturated heterocycles. The average molecular weight is 287 g/mol. The van der Waals surface area contributed by atoms with Crippen molar-refractivity contribution in [3.8, 4) is 0 Å². The quantitative estimate of drug-likeness (QED) is 0.632. The highest BCUT2D eigenvalue weighted by Crippen LogP contribution is 2.15. The van der Waals surface area contributed by atoms with E-state index in [9.17, 15) is 9.59 Å². The Hall–Kier alpha value is -2.10. The SMILES string of the molecule is CCOC(=O)/C=C/c1cccc(C(=O)N2CCCCC2)c1. The number of carbonyl (C=O) groups excluding carboxylic acids is 2. The summed E-state index contributed by atoms with van der Waals surface area (Å²) in [7, 11) is 0. The van der Waals surface area contributed by atoms with Crippen molar-refractivity contribution in [2.75, 3.05) is 19.7 Å². The fraction of sp³-hybridized carbons (Fsp3) is 0.412. The molecule has 21 heavy (non-hydrogen) atoms. The number of hydrogen-bond donors (Lipinski definition) is 0. The predicted molar refractivity (Wildman–Crippen MR) is 81.9 cm³/mol. The zero-order valence-corrected chi connectivity index (χ0v) is 12.4. The van der Waals surface area contributed by atoms with Gasteiger partial charge in [-0.3, -0.25) is 4.79 Å². The van der Waals surface area contributed by atoms with Gasteiger partial charge in [0.1, 0.15) is 0 Å². The van der Waals surface area contributed by atoms with Gasteiger partial charge in [0, 0.05) is 24.7 Å². The summed E-state index contributed by atoms with van der Waals surface area (Å²) in [5, 5.41) is 0. The van der Waals surface area contributed by atoms with Gasteiger partial charge in [-0.25, -0.2) is 4.79 Å². The second-order valence-corrected chi connectivity index (χ2v) is 5.06. The number of carbonyl (C=O) groups is 2. The fourth-order valence-electron chi connectivity index (χ4n) is 2.41. The van der Waals surface area contributed by atoms with Crippen molar-refractivity contribution in [1.82, 2.24) is 4.90 Å². The standard InChI is InChI=1S/C17H21NO3/c1-2-21-16(19)10-9-14-7-6-8-15(13-14)17(20)18-11-4-3-5-12-18/h6-10,13H,2-5,11-12H2,1H3/b10-9+. The van der Waals surface area contributed by atoms with Gasteiger partial charge in [-0.05, 0) is 50.0 Å². The molecule has 1 aliphatic rings. The number of ether oxygens (including phenoxy) is 1. The molecule has 0 unspecified atom stereocenters. The van der Waals surface area contributed by atoms with Crippen LogP contribution < -0.4 is 0 Å². The van der Waals surface area contributed by atoms with Crippen LogP contribution in [0.25, 0.3) is 6.08 Å². The molecule has 1 heterocycles. The van der Waals surface area contributed by atoms with E-state index in [-0.39, 0.29) is 11.9 Å². The first-order valence-electron chi connectivity index (χ1n) is 7.45. The molecule has 1 amide bonds. The van der Waals surface area contributed by atoms with E-state index in [1.807, 2.05) is 29.2 Å². The highest BCUT2D eigenvalue weighted by atomic mass is 16.5. The van der Waals surface area contributed by atoms with Gasteiger partial charge >= 0.3 is 5.97 Å². The van der Waals surface area contributed by atoms with Crippen molar-refractivity contribution in [2.45, 2.75) is 26.2 Å². The molecule has 0 N–H and O–H groups in total. The Balaban J connectivity index is 2.06. The molecule has 4 heteroatoms. The first-order valence-corrected chi connectivity index (χ1v) is 7.45. The molecular weight excluding hydrogens is 266 g/mol. The van der Waals surface area contributed by atoms with Crippen molar-refractivity contribution in [3.05, 3.63) is 41.5 Å². The van der Waals surface area contributed by atoms with Crippen molar-refractivity contribution < 1.29 is 14.3 Å². The van der Waals surface area contributed by atoms with E-state index in [1.54, 1.807) is 13.0 Å². The van der Waals surface area contributed by atoms with E-state index in [4.69, 9.17) is 4.74 Å². The molecule has 0 bridgehead atoms. The smallest absolute Gasteiger partial charge is 0.330 e. The van der Waals surface area contributed by atoms with Gasteiger partial charge in [0.05, 0.1) is 6.61 Å². The molecule has 1 fully saturated rings. The molecule has 0 aliphatic carbocycles. The van der Waals surface area contributed by atoms with Crippen LogP contribution in [-0.4, -0.2) is 36.5 Å². The van der Waals surface area contributed by atoms with Gasteiger partial charge in [0.2, 0.25) is 0 Å². The van der Waals surface area contributed by atoms with Gasteiger partial charge in [0.15, 0.2) is 0 Å². The average Bonchev–Trinajstić information content (AvgIpc) is 2.54. The van der Waals surface area contributed by atoms with E-state index >= 15 is 0 Å². The Kier molecular flexibility index (Phi) is 5.55. The lowest BCUT2D eigenvalue weighted by molar-refractivity contribution is -0.137. The first-order chi connectivity index (χ1) is 10.2. The summed E-state index contributed by atoms with van der Waals surface area (Å²) in [4.78, 5) is 25.6. The molecule has 2 rings (SSSR count). The summed E-state index contributed by atoms with van der Waals surface area (Å²) in [5.41, 5.74) is 1.49. The van der Waals surface area contributed by atoms with E-state index in [1.165, 1.54) is 12.5 Å². The molecule has 4 nitrogen and oxygen atoms in total. The molecule has 0 atom stereocenters. The number of esters is 1. The minimum absolute atomic E-state index is 0.0704. The normalized spacial score (nSPS) is 15.2. The van der Waals surface area contributed by atoms with Crippen molar-refractivity contribution in [3.63, 3.8) is 0 Å². The third kappa shape index (κ3) is 4.45. The summed E-state index contributed by atoms with van der Waals surface area (Å²) < 4.78 is 4.84. The molecule has 0 saturated carbocycles. The predicted octanol–water partition coefficient (Wildman–Crippen LogP) is 2.89. The highest BCUT2D eigenvalue weighted by molar-refractivity contribution is 5.95. The maximum atomic E-state index is 12.4. The minimum atomic E-state index is -0.370. The van der Waals surface area contributed by atoms with Crippen LogP contribution in [0.5, 0.6) is 0 Å². The summed E-state index contributed by atoms with van der Waals surface area (Å²) in [6.45, 7) is 3.80. The van der Waals surface area contributed by atoms with E-state index in [2.05, 4.69) is 0 Å². The molecule has 0 radical (unpaired) electrons. The molecule has 0 spiro atoms.